The van der Waals surface area contributed by atoms with Gasteiger partial charge in [-0.25, -0.2) is 4.79 Å². The number of ether oxygens (including phenoxy) is 1. The average molecular weight is 493 g/mol. The number of hydrogen-bond acceptors (Lipinski definition) is 5. The molecule has 2 aromatic rings. The topological polar surface area (TPSA) is 75.7 Å². The van der Waals surface area contributed by atoms with E-state index < -0.39 is 5.97 Å². The maximum absolute atomic E-state index is 13.2. The maximum Gasteiger partial charge on any atom is 0.341 e. The lowest BCUT2D eigenvalue weighted by Gasteiger charge is -2.19. The summed E-state index contributed by atoms with van der Waals surface area (Å²) in [6.45, 7) is 5.10. The number of hydrogen-bond donors (Lipinski definition) is 1. The van der Waals surface area contributed by atoms with Gasteiger partial charge in [0.2, 0.25) is 0 Å². The quantitative estimate of drug-likeness (QED) is 0.577. The lowest BCUT2D eigenvalue weighted by atomic mass is 10.1. The molecule has 30 heavy (non-hydrogen) atoms. The fourth-order valence-corrected chi connectivity index (χ4v) is 4.87. The average Bonchev–Trinajstić information content (AvgIpc) is 2.88. The number of esters is 1. The van der Waals surface area contributed by atoms with Crippen LogP contribution < -0.4 is 5.32 Å². The number of thiophene rings is 1. The van der Waals surface area contributed by atoms with Gasteiger partial charge in [0.15, 0.2) is 0 Å². The Morgan fingerprint density at radius 3 is 2.33 bits per heavy atom. The Labute approximate surface area is 188 Å². The minimum atomic E-state index is -0.535. The van der Waals surface area contributed by atoms with Gasteiger partial charge in [0, 0.05) is 23.1 Å². The Kier molecular flexibility index (Phi) is 7.66. The minimum Gasteiger partial charge on any atom is -0.462 e. The van der Waals surface area contributed by atoms with Crippen LogP contribution in [0.1, 0.15) is 68.6 Å². The van der Waals surface area contributed by atoms with Gasteiger partial charge >= 0.3 is 5.97 Å². The van der Waals surface area contributed by atoms with E-state index in [1.807, 2.05) is 4.90 Å². The highest BCUT2D eigenvalue weighted by atomic mass is 79.9. The van der Waals surface area contributed by atoms with Crippen molar-refractivity contribution in [2.24, 2.45) is 0 Å². The second-order valence-corrected chi connectivity index (χ2v) is 9.08. The second kappa shape index (κ2) is 10.2. The van der Waals surface area contributed by atoms with E-state index >= 15 is 0 Å². The number of carbonyl (C=O) groups excluding carboxylic acids is 3. The number of nitrogens with one attached hydrogen (secondary N) is 1. The summed E-state index contributed by atoms with van der Waals surface area (Å²) in [7, 11) is 0. The van der Waals surface area contributed by atoms with E-state index in [1.165, 1.54) is 0 Å². The number of nitrogens with zero attached hydrogens (tertiary/aromatic N) is 1. The Balaban J connectivity index is 1.93. The molecule has 0 saturated carbocycles. The molecular weight excluding hydrogens is 468 g/mol. The van der Waals surface area contributed by atoms with Crippen molar-refractivity contribution in [3.63, 3.8) is 0 Å². The van der Waals surface area contributed by atoms with E-state index in [0.717, 1.165) is 41.5 Å². The number of carbonyl (C=O) groups is 3. The summed E-state index contributed by atoms with van der Waals surface area (Å²) in [5.41, 5.74) is 1.27. The number of halogens is 1. The van der Waals surface area contributed by atoms with E-state index in [9.17, 15) is 14.4 Å². The summed E-state index contributed by atoms with van der Waals surface area (Å²) in [5, 5.41) is 3.15. The maximum atomic E-state index is 13.2. The predicted octanol–water partition coefficient (Wildman–Crippen LogP) is 5.26. The lowest BCUT2D eigenvalue weighted by Crippen LogP contribution is -2.31. The molecule has 1 aromatic heterocycles. The van der Waals surface area contributed by atoms with Crippen LogP contribution in [-0.2, 0) is 4.74 Å². The first-order valence-corrected chi connectivity index (χ1v) is 11.7. The monoisotopic (exact) mass is 492 g/mol. The summed E-state index contributed by atoms with van der Waals surface area (Å²) in [4.78, 5) is 40.9. The third kappa shape index (κ3) is 5.10. The van der Waals surface area contributed by atoms with E-state index in [0.29, 0.717) is 34.1 Å². The molecule has 0 aliphatic carbocycles. The van der Waals surface area contributed by atoms with Gasteiger partial charge in [-0.1, -0.05) is 28.8 Å². The molecule has 6 nitrogen and oxygen atoms in total. The summed E-state index contributed by atoms with van der Waals surface area (Å²) in [6, 6.07) is 6.92. The molecule has 3 rings (SSSR count). The first-order valence-electron chi connectivity index (χ1n) is 10.1. The van der Waals surface area contributed by atoms with Crippen molar-refractivity contribution >= 4 is 50.1 Å². The Bertz CT molecular complexity index is 931. The van der Waals surface area contributed by atoms with Crippen molar-refractivity contribution < 1.29 is 19.1 Å². The van der Waals surface area contributed by atoms with Crippen molar-refractivity contribution in [1.82, 2.24) is 4.90 Å². The zero-order valence-corrected chi connectivity index (χ0v) is 19.5. The third-order valence-electron chi connectivity index (χ3n) is 5.05. The van der Waals surface area contributed by atoms with Crippen molar-refractivity contribution in [3.05, 3.63) is 50.3 Å². The van der Waals surface area contributed by atoms with Gasteiger partial charge < -0.3 is 15.0 Å². The first kappa shape index (κ1) is 22.5. The fraction of sp³-hybridized carbons (Fsp3) is 0.409. The summed E-state index contributed by atoms with van der Waals surface area (Å²) >= 11 is 4.49. The molecule has 1 N–H and O–H groups in total. The van der Waals surface area contributed by atoms with Crippen LogP contribution in [0.4, 0.5) is 5.00 Å². The SMILES string of the molecule is CCOC(=O)c1c(NC(=O)c2ccc(Br)cc2)sc(C(=O)N2CCCCCC2)c1C. The predicted molar refractivity (Wildman–Crippen MR) is 121 cm³/mol. The van der Waals surface area contributed by atoms with Gasteiger partial charge in [0.05, 0.1) is 17.0 Å². The van der Waals surface area contributed by atoms with Crippen LogP contribution in [0.25, 0.3) is 0 Å². The molecule has 0 unspecified atom stereocenters. The van der Waals surface area contributed by atoms with E-state index in [-0.39, 0.29) is 24.0 Å². The minimum absolute atomic E-state index is 0.0888. The van der Waals surface area contributed by atoms with Crippen molar-refractivity contribution in [2.75, 3.05) is 25.0 Å². The fourth-order valence-electron chi connectivity index (χ4n) is 3.45. The Hall–Kier alpha value is -2.19. The molecule has 0 atom stereocenters. The Morgan fingerprint density at radius 1 is 1.10 bits per heavy atom. The van der Waals surface area contributed by atoms with Gasteiger partial charge in [-0.2, -0.15) is 0 Å². The Morgan fingerprint density at radius 2 is 1.73 bits per heavy atom. The van der Waals surface area contributed by atoms with Crippen LogP contribution >= 0.6 is 27.3 Å². The summed E-state index contributed by atoms with van der Waals surface area (Å²) < 4.78 is 6.06. The van der Waals surface area contributed by atoms with Gasteiger partial charge in [0.1, 0.15) is 5.00 Å². The summed E-state index contributed by atoms with van der Waals surface area (Å²) in [6.07, 6.45) is 4.20. The van der Waals surface area contributed by atoms with E-state index in [1.54, 1.807) is 38.1 Å². The molecule has 1 aliphatic heterocycles. The zero-order valence-electron chi connectivity index (χ0n) is 17.1. The molecule has 2 amide bonds. The van der Waals surface area contributed by atoms with Gasteiger partial charge in [-0.05, 0) is 56.5 Å². The van der Waals surface area contributed by atoms with Crippen LogP contribution in [-0.4, -0.2) is 42.4 Å². The van der Waals surface area contributed by atoms with E-state index in [4.69, 9.17) is 4.74 Å². The number of amides is 2. The normalized spacial score (nSPS) is 14.2. The first-order chi connectivity index (χ1) is 14.4. The zero-order chi connectivity index (χ0) is 21.7. The standard InChI is InChI=1S/C22H25BrN2O4S/c1-3-29-22(28)17-14(2)18(21(27)25-12-6-4-5-7-13-25)30-20(17)24-19(26)15-8-10-16(23)11-9-15/h8-11H,3-7,12-13H2,1-2H3,(H,24,26). The van der Waals surface area contributed by atoms with Crippen molar-refractivity contribution in [3.8, 4) is 0 Å². The smallest absolute Gasteiger partial charge is 0.341 e. The molecular formula is C22H25BrN2O4S. The van der Waals surface area contributed by atoms with Crippen LogP contribution in [0.3, 0.4) is 0 Å². The molecule has 2 heterocycles. The number of rotatable bonds is 5. The largest absolute Gasteiger partial charge is 0.462 e. The van der Waals surface area contributed by atoms with Crippen LogP contribution in [0.5, 0.6) is 0 Å². The highest BCUT2D eigenvalue weighted by Crippen LogP contribution is 2.35. The van der Waals surface area contributed by atoms with Crippen molar-refractivity contribution in [1.29, 1.82) is 0 Å². The molecule has 1 aliphatic rings. The van der Waals surface area contributed by atoms with Gasteiger partial charge in [-0.3, -0.25) is 9.59 Å². The molecule has 1 fully saturated rings. The molecule has 0 spiro atoms. The van der Waals surface area contributed by atoms with Gasteiger partial charge in [0.25, 0.3) is 11.8 Å². The van der Waals surface area contributed by atoms with Crippen LogP contribution in [0.15, 0.2) is 28.7 Å². The molecule has 1 aromatic carbocycles. The number of likely N-dealkylation sites (tertiary alicyclic amines) is 1. The molecule has 160 valence electrons. The molecule has 0 radical (unpaired) electrons. The number of anilines is 1. The van der Waals surface area contributed by atoms with Gasteiger partial charge in [-0.15, -0.1) is 11.3 Å². The molecule has 8 heteroatoms. The molecule has 0 bridgehead atoms. The van der Waals surface area contributed by atoms with E-state index in [2.05, 4.69) is 21.2 Å². The summed E-state index contributed by atoms with van der Waals surface area (Å²) in [5.74, 6) is -0.968. The van der Waals surface area contributed by atoms with Crippen LogP contribution in [0, 0.1) is 6.92 Å². The lowest BCUT2D eigenvalue weighted by molar-refractivity contribution is 0.0527. The third-order valence-corrected chi connectivity index (χ3v) is 6.77. The second-order valence-electron chi connectivity index (χ2n) is 7.15. The van der Waals surface area contributed by atoms with Crippen LogP contribution in [0.2, 0.25) is 0 Å². The van der Waals surface area contributed by atoms with Crippen molar-refractivity contribution in [2.45, 2.75) is 39.5 Å². The highest BCUT2D eigenvalue weighted by Gasteiger charge is 2.29. The number of benzene rings is 1. The highest BCUT2D eigenvalue weighted by molar-refractivity contribution is 9.10. The molecule has 1 saturated heterocycles.